The topological polar surface area (TPSA) is 52.6 Å². The van der Waals surface area contributed by atoms with Gasteiger partial charge in [0.05, 0.1) is 11.7 Å². The monoisotopic (exact) mass is 310 g/mol. The van der Waals surface area contributed by atoms with Gasteiger partial charge in [-0.05, 0) is 37.8 Å². The van der Waals surface area contributed by atoms with Crippen molar-refractivity contribution < 1.29 is 18.7 Å². The molecule has 1 aliphatic heterocycles. The van der Waals surface area contributed by atoms with Crippen molar-refractivity contribution in [2.45, 2.75) is 43.9 Å². The van der Waals surface area contributed by atoms with Gasteiger partial charge < -0.3 is 10.4 Å². The Morgan fingerprint density at radius 2 is 2.09 bits per heavy atom. The zero-order chi connectivity index (χ0) is 15.7. The Balaban J connectivity index is 1.67. The van der Waals surface area contributed by atoms with Crippen molar-refractivity contribution in [1.82, 2.24) is 10.2 Å². The molecule has 1 amide bonds. The molecule has 2 N–H and O–H groups in total. The molecule has 1 saturated carbocycles. The van der Waals surface area contributed by atoms with E-state index in [0.29, 0.717) is 6.54 Å². The van der Waals surface area contributed by atoms with Gasteiger partial charge in [-0.1, -0.05) is 0 Å². The van der Waals surface area contributed by atoms with Crippen LogP contribution in [0.15, 0.2) is 18.2 Å². The second kappa shape index (κ2) is 6.30. The summed E-state index contributed by atoms with van der Waals surface area (Å²) in [5, 5.41) is 12.5. The van der Waals surface area contributed by atoms with Crippen LogP contribution in [0.3, 0.4) is 0 Å². The molecule has 120 valence electrons. The number of nitrogens with zero attached hydrogens (tertiary/aromatic N) is 1. The summed E-state index contributed by atoms with van der Waals surface area (Å²) >= 11 is 0. The minimum Gasteiger partial charge on any atom is -0.392 e. The molecule has 2 aliphatic rings. The van der Waals surface area contributed by atoms with Crippen LogP contribution in [0, 0.1) is 11.6 Å². The summed E-state index contributed by atoms with van der Waals surface area (Å²) in [4.78, 5) is 14.4. The molecule has 0 aromatic heterocycles. The van der Waals surface area contributed by atoms with E-state index < -0.39 is 17.5 Å². The summed E-state index contributed by atoms with van der Waals surface area (Å²) in [5.74, 6) is -2.04. The Bertz CT molecular complexity index is 567. The Labute approximate surface area is 128 Å². The minimum absolute atomic E-state index is 0.0535. The summed E-state index contributed by atoms with van der Waals surface area (Å²) in [7, 11) is 0. The molecule has 2 fully saturated rings. The number of amides is 1. The average Bonchev–Trinajstić information content (AvgIpc) is 3.07. The van der Waals surface area contributed by atoms with Crippen LogP contribution in [0.1, 0.15) is 36.0 Å². The smallest absolute Gasteiger partial charge is 0.254 e. The number of aliphatic hydroxyl groups is 1. The van der Waals surface area contributed by atoms with Crippen LogP contribution >= 0.6 is 0 Å². The van der Waals surface area contributed by atoms with Crippen molar-refractivity contribution in [3.63, 3.8) is 0 Å². The summed E-state index contributed by atoms with van der Waals surface area (Å²) in [6.45, 7) is 1.45. The van der Waals surface area contributed by atoms with E-state index in [0.717, 1.165) is 44.4 Å². The first-order chi connectivity index (χ1) is 10.5. The largest absolute Gasteiger partial charge is 0.392 e. The lowest BCUT2D eigenvalue weighted by Gasteiger charge is -2.29. The van der Waals surface area contributed by atoms with Gasteiger partial charge in [-0.3, -0.25) is 9.69 Å². The van der Waals surface area contributed by atoms with E-state index >= 15 is 0 Å². The van der Waals surface area contributed by atoms with Crippen LogP contribution in [0.2, 0.25) is 0 Å². The quantitative estimate of drug-likeness (QED) is 0.893. The molecule has 0 radical (unpaired) electrons. The molecule has 1 aromatic rings. The third-order valence-corrected chi connectivity index (χ3v) is 4.64. The van der Waals surface area contributed by atoms with Crippen molar-refractivity contribution in [2.24, 2.45) is 0 Å². The predicted molar refractivity (Wildman–Crippen MR) is 77.4 cm³/mol. The highest BCUT2D eigenvalue weighted by atomic mass is 19.1. The Kier molecular flexibility index (Phi) is 4.40. The molecule has 1 aliphatic carbocycles. The number of rotatable bonds is 3. The first kappa shape index (κ1) is 15.4. The van der Waals surface area contributed by atoms with Crippen molar-refractivity contribution in [1.29, 1.82) is 0 Å². The van der Waals surface area contributed by atoms with Crippen LogP contribution in [-0.4, -0.2) is 47.2 Å². The number of nitrogens with one attached hydrogen (secondary N) is 1. The van der Waals surface area contributed by atoms with Gasteiger partial charge in [0.1, 0.15) is 11.6 Å². The molecule has 4 nitrogen and oxygen atoms in total. The molecule has 0 spiro atoms. The molecule has 1 unspecified atom stereocenters. The second-order valence-electron chi connectivity index (χ2n) is 6.14. The highest BCUT2D eigenvalue weighted by Gasteiger charge is 2.36. The lowest BCUT2D eigenvalue weighted by Crippen LogP contribution is -2.48. The minimum atomic E-state index is -0.844. The van der Waals surface area contributed by atoms with E-state index in [2.05, 4.69) is 10.2 Å². The Hall–Kier alpha value is -1.53. The van der Waals surface area contributed by atoms with Gasteiger partial charge in [-0.2, -0.15) is 0 Å². The van der Waals surface area contributed by atoms with Gasteiger partial charge in [0.25, 0.3) is 5.91 Å². The second-order valence-corrected chi connectivity index (χ2v) is 6.14. The lowest BCUT2D eigenvalue weighted by molar-refractivity contribution is 0.0901. The number of hydrogen-bond acceptors (Lipinski definition) is 3. The lowest BCUT2D eigenvalue weighted by atomic mass is 10.1. The first-order valence-electron chi connectivity index (χ1n) is 7.72. The number of carbonyl (C=O) groups is 1. The number of aliphatic hydroxyl groups excluding tert-OH is 1. The number of halogens is 2. The maximum absolute atomic E-state index is 13.7. The molecule has 3 atom stereocenters. The summed E-state index contributed by atoms with van der Waals surface area (Å²) in [6, 6.07) is 3.11. The van der Waals surface area contributed by atoms with Crippen molar-refractivity contribution >= 4 is 5.91 Å². The molecular weight excluding hydrogens is 290 g/mol. The van der Waals surface area contributed by atoms with Crippen LogP contribution in [0.4, 0.5) is 8.78 Å². The Morgan fingerprint density at radius 1 is 1.27 bits per heavy atom. The molecule has 22 heavy (non-hydrogen) atoms. The normalized spacial score (nSPS) is 29.0. The number of β-amino-alcohol motifs (C(OH)–C–C–N with tert-alkyl or cyclic N) is 1. The molecular formula is C16H20F2N2O2. The van der Waals surface area contributed by atoms with E-state index in [1.165, 1.54) is 6.07 Å². The third kappa shape index (κ3) is 3.13. The fourth-order valence-corrected chi connectivity index (χ4v) is 3.53. The maximum atomic E-state index is 13.7. The fraction of sp³-hybridized carbons (Fsp3) is 0.562. The highest BCUT2D eigenvalue weighted by Crippen LogP contribution is 2.27. The Morgan fingerprint density at radius 3 is 2.77 bits per heavy atom. The number of hydrogen-bond donors (Lipinski definition) is 2. The van der Waals surface area contributed by atoms with Gasteiger partial charge in [0.2, 0.25) is 0 Å². The number of likely N-dealkylation sites (tertiary alicyclic amines) is 1. The van der Waals surface area contributed by atoms with E-state index in [-0.39, 0.29) is 23.8 Å². The molecule has 1 heterocycles. The van der Waals surface area contributed by atoms with E-state index in [9.17, 15) is 18.7 Å². The summed E-state index contributed by atoms with van der Waals surface area (Å²) < 4.78 is 26.6. The number of benzene rings is 1. The third-order valence-electron chi connectivity index (χ3n) is 4.64. The van der Waals surface area contributed by atoms with E-state index in [1.54, 1.807) is 0 Å². The predicted octanol–water partition coefficient (Wildman–Crippen LogP) is 1.68. The maximum Gasteiger partial charge on any atom is 0.254 e. The van der Waals surface area contributed by atoms with Crippen LogP contribution < -0.4 is 5.32 Å². The standard InChI is InChI=1S/C16H20F2N2O2/c17-10-4-5-12(13(18)8-10)16(22)19-14-2-1-3-15(14)20-7-6-11(21)9-20/h4-5,8,11,14-15,21H,1-3,6-7,9H2,(H,19,22)/t11?,14-,15+/m1/s1. The van der Waals surface area contributed by atoms with Crippen molar-refractivity contribution in [3.05, 3.63) is 35.4 Å². The van der Waals surface area contributed by atoms with Crippen LogP contribution in [0.25, 0.3) is 0 Å². The van der Waals surface area contributed by atoms with Gasteiger partial charge in [0.15, 0.2) is 0 Å². The van der Waals surface area contributed by atoms with E-state index in [4.69, 9.17) is 0 Å². The molecule has 1 aromatic carbocycles. The SMILES string of the molecule is O=C(N[C@@H]1CCC[C@@H]1N1CCC(O)C1)c1ccc(F)cc1F. The molecule has 3 rings (SSSR count). The average molecular weight is 310 g/mol. The zero-order valence-corrected chi connectivity index (χ0v) is 12.3. The van der Waals surface area contributed by atoms with Crippen molar-refractivity contribution in [2.75, 3.05) is 13.1 Å². The molecule has 1 saturated heterocycles. The molecule has 0 bridgehead atoms. The zero-order valence-electron chi connectivity index (χ0n) is 12.3. The fourth-order valence-electron chi connectivity index (χ4n) is 3.53. The first-order valence-corrected chi connectivity index (χ1v) is 7.72. The highest BCUT2D eigenvalue weighted by molar-refractivity contribution is 5.94. The van der Waals surface area contributed by atoms with Gasteiger partial charge in [-0.15, -0.1) is 0 Å². The van der Waals surface area contributed by atoms with Gasteiger partial charge >= 0.3 is 0 Å². The van der Waals surface area contributed by atoms with Crippen molar-refractivity contribution in [3.8, 4) is 0 Å². The molecule has 6 heteroatoms. The van der Waals surface area contributed by atoms with Crippen LogP contribution in [0.5, 0.6) is 0 Å². The van der Waals surface area contributed by atoms with E-state index in [1.807, 2.05) is 0 Å². The summed E-state index contributed by atoms with van der Waals surface area (Å²) in [6.07, 6.45) is 3.25. The number of carbonyl (C=O) groups excluding carboxylic acids is 1. The van der Waals surface area contributed by atoms with Gasteiger partial charge in [0, 0.05) is 31.2 Å². The summed E-state index contributed by atoms with van der Waals surface area (Å²) in [5.41, 5.74) is -0.131. The van der Waals surface area contributed by atoms with Gasteiger partial charge in [-0.25, -0.2) is 8.78 Å². The van der Waals surface area contributed by atoms with Crippen LogP contribution in [-0.2, 0) is 0 Å².